The zero-order valence-corrected chi connectivity index (χ0v) is 14.8. The van der Waals surface area contributed by atoms with Crippen molar-refractivity contribution in [1.29, 1.82) is 0 Å². The fraction of sp³-hybridized carbons (Fsp3) is 0.0526. The Bertz CT molecular complexity index is 1170. The van der Waals surface area contributed by atoms with Gasteiger partial charge in [0.1, 0.15) is 5.69 Å². The number of anilines is 1. The van der Waals surface area contributed by atoms with Crippen LogP contribution < -0.4 is 4.72 Å². The molecule has 2 heterocycles. The summed E-state index contributed by atoms with van der Waals surface area (Å²) in [5.74, 6) is 0.803. The molecule has 6 nitrogen and oxygen atoms in total. The number of sulfonamides is 1. The van der Waals surface area contributed by atoms with Crippen molar-refractivity contribution in [3.05, 3.63) is 78.6 Å². The van der Waals surface area contributed by atoms with Crippen LogP contribution in [0.1, 0.15) is 5.69 Å². The van der Waals surface area contributed by atoms with E-state index < -0.39 is 10.0 Å². The Hall–Kier alpha value is -3.19. The lowest BCUT2D eigenvalue weighted by Crippen LogP contribution is -2.15. The fourth-order valence-corrected chi connectivity index (χ4v) is 3.78. The largest absolute Gasteiger partial charge is 0.269 e. The van der Waals surface area contributed by atoms with E-state index in [9.17, 15) is 8.42 Å². The summed E-state index contributed by atoms with van der Waals surface area (Å²) in [5.41, 5.74) is 2.14. The van der Waals surface area contributed by atoms with Crippen molar-refractivity contribution >= 4 is 21.6 Å². The predicted molar refractivity (Wildman–Crippen MR) is 100 cm³/mol. The molecule has 0 saturated carbocycles. The highest BCUT2D eigenvalue weighted by Crippen LogP contribution is 2.30. The van der Waals surface area contributed by atoms with Gasteiger partial charge in [0.05, 0.1) is 4.90 Å². The summed E-state index contributed by atoms with van der Waals surface area (Å²) in [4.78, 5) is 9.14. The van der Waals surface area contributed by atoms with Crippen LogP contribution in [0.5, 0.6) is 0 Å². The third-order valence-electron chi connectivity index (χ3n) is 3.97. The Morgan fingerprint density at radius 2 is 1.54 bits per heavy atom. The van der Waals surface area contributed by atoms with Crippen molar-refractivity contribution in [3.8, 4) is 11.3 Å². The molecular formula is C19H16N4O2S. The molecule has 1 N–H and O–H groups in total. The summed E-state index contributed by atoms with van der Waals surface area (Å²) in [6, 6.07) is 19.5. The smallest absolute Gasteiger partial charge is 0.263 e. The average molecular weight is 364 g/mol. The molecule has 26 heavy (non-hydrogen) atoms. The highest BCUT2D eigenvalue weighted by atomic mass is 32.2. The van der Waals surface area contributed by atoms with Crippen LogP contribution in [0.4, 0.5) is 5.82 Å². The Kier molecular flexibility index (Phi) is 3.93. The minimum Gasteiger partial charge on any atom is -0.269 e. The van der Waals surface area contributed by atoms with E-state index in [0.29, 0.717) is 17.3 Å². The summed E-state index contributed by atoms with van der Waals surface area (Å²) in [5, 5.41) is 0. The first-order chi connectivity index (χ1) is 12.5. The fourth-order valence-electron chi connectivity index (χ4n) is 2.70. The van der Waals surface area contributed by atoms with Gasteiger partial charge in [-0.15, -0.1) is 0 Å². The number of aromatic nitrogens is 3. The van der Waals surface area contributed by atoms with Crippen LogP contribution in [-0.2, 0) is 10.0 Å². The molecule has 0 aliphatic carbocycles. The van der Waals surface area contributed by atoms with Crippen molar-refractivity contribution in [1.82, 2.24) is 14.4 Å². The van der Waals surface area contributed by atoms with Crippen LogP contribution in [0.3, 0.4) is 0 Å². The molecule has 0 saturated heterocycles. The minimum atomic E-state index is -3.75. The molecule has 7 heteroatoms. The SMILES string of the molecule is Cc1ccn2c(NS(=O)(=O)c3ccccc3)c(-c3ccccc3)nc2n1. The molecular weight excluding hydrogens is 348 g/mol. The van der Waals surface area contributed by atoms with Crippen molar-refractivity contribution in [2.24, 2.45) is 0 Å². The minimum absolute atomic E-state index is 0.189. The second-order valence-electron chi connectivity index (χ2n) is 5.83. The van der Waals surface area contributed by atoms with Gasteiger partial charge in [-0.25, -0.2) is 18.4 Å². The van der Waals surface area contributed by atoms with Gasteiger partial charge in [-0.05, 0) is 25.1 Å². The Labute approximate surface area is 151 Å². The highest BCUT2D eigenvalue weighted by Gasteiger charge is 2.21. The van der Waals surface area contributed by atoms with Gasteiger partial charge < -0.3 is 0 Å². The number of fused-ring (bicyclic) bond motifs is 1. The average Bonchev–Trinajstić information content (AvgIpc) is 3.00. The number of nitrogens with one attached hydrogen (secondary N) is 1. The summed E-state index contributed by atoms with van der Waals surface area (Å²) in [6.07, 6.45) is 1.76. The van der Waals surface area contributed by atoms with E-state index in [4.69, 9.17) is 0 Å². The van der Waals surface area contributed by atoms with Gasteiger partial charge in [0.25, 0.3) is 10.0 Å². The predicted octanol–water partition coefficient (Wildman–Crippen LogP) is 3.51. The molecule has 0 aliphatic rings. The van der Waals surface area contributed by atoms with Gasteiger partial charge in [-0.3, -0.25) is 9.12 Å². The van der Waals surface area contributed by atoms with Gasteiger partial charge in [0.2, 0.25) is 5.78 Å². The van der Waals surface area contributed by atoms with Gasteiger partial charge in [0, 0.05) is 17.5 Å². The summed E-state index contributed by atoms with van der Waals surface area (Å²) in [6.45, 7) is 1.87. The van der Waals surface area contributed by atoms with Gasteiger partial charge in [-0.2, -0.15) is 0 Å². The molecule has 0 unspecified atom stereocenters. The third-order valence-corrected chi connectivity index (χ3v) is 5.32. The number of imidazole rings is 1. The lowest BCUT2D eigenvalue weighted by Gasteiger charge is -2.10. The summed E-state index contributed by atoms with van der Waals surface area (Å²) in [7, 11) is -3.75. The standard InChI is InChI=1S/C19H16N4O2S/c1-14-12-13-23-18(22-26(24,25)16-10-6-3-7-11-16)17(21-19(23)20-14)15-8-4-2-5-9-15/h2-13,22H,1H3. The first kappa shape index (κ1) is 16.3. The second kappa shape index (κ2) is 6.27. The van der Waals surface area contributed by atoms with Crippen LogP contribution in [0, 0.1) is 6.92 Å². The molecule has 2 aromatic carbocycles. The van der Waals surface area contributed by atoms with E-state index in [1.54, 1.807) is 40.9 Å². The molecule has 0 radical (unpaired) electrons. The maximum absolute atomic E-state index is 12.8. The zero-order valence-electron chi connectivity index (χ0n) is 14.0. The first-order valence-electron chi connectivity index (χ1n) is 8.03. The van der Waals surface area contributed by atoms with Crippen LogP contribution >= 0.6 is 0 Å². The molecule has 4 aromatic rings. The number of nitrogens with zero attached hydrogens (tertiary/aromatic N) is 3. The third kappa shape index (κ3) is 2.93. The Balaban J connectivity index is 1.91. The highest BCUT2D eigenvalue weighted by molar-refractivity contribution is 7.92. The zero-order chi connectivity index (χ0) is 18.1. The Morgan fingerprint density at radius 1 is 0.885 bits per heavy atom. The number of rotatable bonds is 4. The second-order valence-corrected chi connectivity index (χ2v) is 7.51. The molecule has 130 valence electrons. The van der Waals surface area contributed by atoms with Gasteiger partial charge >= 0.3 is 0 Å². The first-order valence-corrected chi connectivity index (χ1v) is 9.52. The maximum atomic E-state index is 12.8. The monoisotopic (exact) mass is 364 g/mol. The number of benzene rings is 2. The van der Waals surface area contributed by atoms with Crippen molar-refractivity contribution in [2.45, 2.75) is 11.8 Å². The number of hydrogen-bond donors (Lipinski definition) is 1. The quantitative estimate of drug-likeness (QED) is 0.601. The van der Waals surface area contributed by atoms with Crippen LogP contribution in [0.2, 0.25) is 0 Å². The van der Waals surface area contributed by atoms with Gasteiger partial charge in [0.15, 0.2) is 5.82 Å². The molecule has 0 fully saturated rings. The molecule has 0 bridgehead atoms. The lowest BCUT2D eigenvalue weighted by atomic mass is 10.1. The molecule has 4 rings (SSSR count). The van der Waals surface area contributed by atoms with E-state index in [-0.39, 0.29) is 4.90 Å². The van der Waals surface area contributed by atoms with Gasteiger partial charge in [-0.1, -0.05) is 48.5 Å². The van der Waals surface area contributed by atoms with E-state index in [2.05, 4.69) is 14.7 Å². The van der Waals surface area contributed by atoms with E-state index in [0.717, 1.165) is 11.3 Å². The molecule has 0 atom stereocenters. The van der Waals surface area contributed by atoms with Crippen molar-refractivity contribution < 1.29 is 8.42 Å². The normalized spacial score (nSPS) is 11.6. The Morgan fingerprint density at radius 3 is 2.23 bits per heavy atom. The number of hydrogen-bond acceptors (Lipinski definition) is 4. The summed E-state index contributed by atoms with van der Waals surface area (Å²) < 4.78 is 30.0. The van der Waals surface area contributed by atoms with Crippen LogP contribution in [0.15, 0.2) is 77.8 Å². The van der Waals surface area contributed by atoms with Crippen molar-refractivity contribution in [2.75, 3.05) is 4.72 Å². The summed E-state index contributed by atoms with van der Waals surface area (Å²) >= 11 is 0. The molecule has 2 aromatic heterocycles. The number of aryl methyl sites for hydroxylation is 1. The van der Waals surface area contributed by atoms with E-state index >= 15 is 0 Å². The van der Waals surface area contributed by atoms with E-state index in [1.807, 2.05) is 43.3 Å². The molecule has 0 aliphatic heterocycles. The van der Waals surface area contributed by atoms with Crippen LogP contribution in [-0.4, -0.2) is 22.8 Å². The topological polar surface area (TPSA) is 76.4 Å². The van der Waals surface area contributed by atoms with E-state index in [1.165, 1.54) is 0 Å². The molecule has 0 amide bonds. The van der Waals surface area contributed by atoms with Crippen molar-refractivity contribution in [3.63, 3.8) is 0 Å². The molecule has 0 spiro atoms. The maximum Gasteiger partial charge on any atom is 0.263 e. The lowest BCUT2D eigenvalue weighted by molar-refractivity contribution is 0.601. The van der Waals surface area contributed by atoms with Crippen LogP contribution in [0.25, 0.3) is 17.0 Å².